The second-order valence-electron chi connectivity index (χ2n) is 6.62. The van der Waals surface area contributed by atoms with Crippen molar-refractivity contribution in [2.45, 2.75) is 52.4 Å². The summed E-state index contributed by atoms with van der Waals surface area (Å²) in [5, 5.41) is 9.76. The fraction of sp³-hybridized carbons (Fsp3) is 0.938. The minimum Gasteiger partial charge on any atom is -0.481 e. The van der Waals surface area contributed by atoms with Crippen molar-refractivity contribution in [3.63, 3.8) is 0 Å². The summed E-state index contributed by atoms with van der Waals surface area (Å²) in [6.45, 7) is 7.47. The molecule has 1 aliphatic rings. The fourth-order valence-electron chi connectivity index (χ4n) is 3.24. The monoisotopic (exact) mass is 285 g/mol. The van der Waals surface area contributed by atoms with Crippen LogP contribution in [0.5, 0.6) is 0 Å². The molecule has 0 aliphatic heterocycles. The molecule has 1 aliphatic carbocycles. The number of hydrogen-bond acceptors (Lipinski definition) is 3. The fourth-order valence-corrected chi connectivity index (χ4v) is 3.24. The van der Waals surface area contributed by atoms with Crippen LogP contribution >= 0.6 is 0 Å². The zero-order valence-corrected chi connectivity index (χ0v) is 13.4. The molecule has 4 nitrogen and oxygen atoms in total. The summed E-state index contributed by atoms with van der Waals surface area (Å²) in [5.74, 6) is -0.0611. The summed E-state index contributed by atoms with van der Waals surface area (Å²) in [5.41, 5.74) is -0.543. The number of ether oxygens (including phenoxy) is 1. The molecule has 1 N–H and O–H groups in total. The first-order chi connectivity index (χ1) is 9.50. The molecule has 0 aromatic heterocycles. The summed E-state index contributed by atoms with van der Waals surface area (Å²) in [4.78, 5) is 14.2. The third kappa shape index (κ3) is 5.41. The van der Waals surface area contributed by atoms with Gasteiger partial charge in [0.15, 0.2) is 0 Å². The number of carboxylic acids is 1. The molecule has 0 radical (unpaired) electrons. The Balaban J connectivity index is 2.74. The summed E-state index contributed by atoms with van der Waals surface area (Å²) in [7, 11) is 1.70. The molecule has 0 unspecified atom stereocenters. The lowest BCUT2D eigenvalue weighted by molar-refractivity contribution is -0.151. The molecule has 0 amide bonds. The van der Waals surface area contributed by atoms with Gasteiger partial charge in [0.05, 0.1) is 12.0 Å². The van der Waals surface area contributed by atoms with E-state index in [1.54, 1.807) is 7.11 Å². The van der Waals surface area contributed by atoms with Crippen LogP contribution in [0.3, 0.4) is 0 Å². The Hall–Kier alpha value is -0.610. The highest BCUT2D eigenvalue weighted by atomic mass is 16.5. The molecule has 0 saturated heterocycles. The number of rotatable bonds is 8. The summed E-state index contributed by atoms with van der Waals surface area (Å²) in [6.07, 6.45) is 6.10. The molecule has 0 aromatic rings. The lowest BCUT2D eigenvalue weighted by Gasteiger charge is -2.35. The molecule has 1 saturated carbocycles. The van der Waals surface area contributed by atoms with Crippen molar-refractivity contribution in [3.05, 3.63) is 0 Å². The second-order valence-corrected chi connectivity index (χ2v) is 6.62. The van der Waals surface area contributed by atoms with E-state index in [0.717, 1.165) is 38.8 Å². The first-order valence-electron chi connectivity index (χ1n) is 7.95. The lowest BCUT2D eigenvalue weighted by Crippen LogP contribution is -2.45. The van der Waals surface area contributed by atoms with Gasteiger partial charge in [0, 0.05) is 26.7 Å². The minimum atomic E-state index is -0.606. The third-order valence-corrected chi connectivity index (χ3v) is 4.28. The summed E-state index contributed by atoms with van der Waals surface area (Å²) >= 11 is 0. The number of carbonyl (C=O) groups is 1. The zero-order valence-electron chi connectivity index (χ0n) is 13.4. The van der Waals surface area contributed by atoms with Crippen LogP contribution in [0.15, 0.2) is 0 Å². The number of methoxy groups -OCH3 is 1. The highest BCUT2D eigenvalue weighted by molar-refractivity contribution is 5.75. The van der Waals surface area contributed by atoms with Crippen LogP contribution in [-0.2, 0) is 9.53 Å². The molecule has 0 atom stereocenters. The third-order valence-electron chi connectivity index (χ3n) is 4.28. The predicted molar refractivity (Wildman–Crippen MR) is 80.9 cm³/mol. The van der Waals surface area contributed by atoms with Gasteiger partial charge in [-0.3, -0.25) is 9.69 Å². The number of aliphatic carboxylic acids is 1. The van der Waals surface area contributed by atoms with Crippen molar-refractivity contribution in [1.29, 1.82) is 0 Å². The molecular formula is C16H31NO3. The molecule has 1 rings (SSSR count). The Morgan fingerprint density at radius 2 is 1.85 bits per heavy atom. The van der Waals surface area contributed by atoms with Crippen LogP contribution in [0.25, 0.3) is 0 Å². The van der Waals surface area contributed by atoms with Crippen molar-refractivity contribution < 1.29 is 14.6 Å². The van der Waals surface area contributed by atoms with Gasteiger partial charge >= 0.3 is 5.97 Å². The number of nitrogens with zero attached hydrogens (tertiary/aromatic N) is 1. The van der Waals surface area contributed by atoms with Crippen molar-refractivity contribution in [2.24, 2.45) is 11.3 Å². The molecule has 1 fully saturated rings. The highest BCUT2D eigenvalue weighted by Gasteiger charge is 2.40. The first-order valence-corrected chi connectivity index (χ1v) is 7.95. The topological polar surface area (TPSA) is 49.8 Å². The molecule has 0 spiro atoms. The van der Waals surface area contributed by atoms with Crippen LogP contribution in [-0.4, -0.2) is 49.3 Å². The molecule has 20 heavy (non-hydrogen) atoms. The van der Waals surface area contributed by atoms with Crippen LogP contribution in [0.4, 0.5) is 0 Å². The van der Waals surface area contributed by atoms with E-state index in [0.29, 0.717) is 19.1 Å². The minimum absolute atomic E-state index is 0.543. The van der Waals surface area contributed by atoms with E-state index < -0.39 is 11.4 Å². The second kappa shape index (κ2) is 8.63. The number of hydrogen-bond donors (Lipinski definition) is 1. The van der Waals surface area contributed by atoms with E-state index >= 15 is 0 Å². The molecule has 0 aromatic carbocycles. The van der Waals surface area contributed by atoms with Gasteiger partial charge in [-0.05, 0) is 18.8 Å². The van der Waals surface area contributed by atoms with Gasteiger partial charge in [-0.15, -0.1) is 0 Å². The smallest absolute Gasteiger partial charge is 0.310 e. The standard InChI is InChI=1S/C16H31NO3/c1-14(2)12-17(10-11-20-3)13-16(15(18)19)8-6-4-5-7-9-16/h14H,4-13H2,1-3H3,(H,18,19). The predicted octanol–water partition coefficient (Wildman–Crippen LogP) is 3.02. The van der Waals surface area contributed by atoms with Gasteiger partial charge < -0.3 is 9.84 Å². The average Bonchev–Trinajstić information content (AvgIpc) is 2.62. The summed E-state index contributed by atoms with van der Waals surface area (Å²) < 4.78 is 5.17. The van der Waals surface area contributed by atoms with E-state index in [-0.39, 0.29) is 0 Å². The maximum atomic E-state index is 11.9. The Labute approximate surface area is 123 Å². The van der Waals surface area contributed by atoms with Crippen LogP contribution in [0.2, 0.25) is 0 Å². The Bertz CT molecular complexity index is 283. The van der Waals surface area contributed by atoms with Crippen molar-refractivity contribution >= 4 is 5.97 Å². The van der Waals surface area contributed by atoms with Gasteiger partial charge in [0.25, 0.3) is 0 Å². The van der Waals surface area contributed by atoms with Gasteiger partial charge in [-0.2, -0.15) is 0 Å². The van der Waals surface area contributed by atoms with Gasteiger partial charge in [-0.1, -0.05) is 39.5 Å². The van der Waals surface area contributed by atoms with E-state index in [2.05, 4.69) is 18.7 Å². The maximum Gasteiger partial charge on any atom is 0.310 e. The van der Waals surface area contributed by atoms with Crippen LogP contribution < -0.4 is 0 Å². The Morgan fingerprint density at radius 3 is 2.30 bits per heavy atom. The molecule has 0 bridgehead atoms. The zero-order chi connectivity index (χ0) is 15.0. The van der Waals surface area contributed by atoms with Gasteiger partial charge in [-0.25, -0.2) is 0 Å². The van der Waals surface area contributed by atoms with E-state index in [1.165, 1.54) is 12.8 Å². The van der Waals surface area contributed by atoms with Crippen LogP contribution in [0.1, 0.15) is 52.4 Å². The molecular weight excluding hydrogens is 254 g/mol. The lowest BCUT2D eigenvalue weighted by atomic mass is 9.79. The summed E-state index contributed by atoms with van der Waals surface area (Å²) in [6, 6.07) is 0. The first kappa shape index (κ1) is 17.4. The maximum absolute atomic E-state index is 11.9. The molecule has 118 valence electrons. The quantitative estimate of drug-likeness (QED) is 0.696. The Kier molecular flexibility index (Phi) is 7.52. The normalized spacial score (nSPS) is 19.2. The largest absolute Gasteiger partial charge is 0.481 e. The van der Waals surface area contributed by atoms with Crippen molar-refractivity contribution in [3.8, 4) is 0 Å². The van der Waals surface area contributed by atoms with Gasteiger partial charge in [0.2, 0.25) is 0 Å². The average molecular weight is 285 g/mol. The van der Waals surface area contributed by atoms with E-state index in [4.69, 9.17) is 4.74 Å². The van der Waals surface area contributed by atoms with Crippen LogP contribution in [0, 0.1) is 11.3 Å². The SMILES string of the molecule is COCCN(CC(C)C)CC1(C(=O)O)CCCCCC1. The van der Waals surface area contributed by atoms with Crippen molar-refractivity contribution in [1.82, 2.24) is 4.90 Å². The van der Waals surface area contributed by atoms with Gasteiger partial charge in [0.1, 0.15) is 0 Å². The van der Waals surface area contributed by atoms with E-state index in [1.807, 2.05) is 0 Å². The Morgan fingerprint density at radius 1 is 1.25 bits per heavy atom. The molecule has 4 heteroatoms. The van der Waals surface area contributed by atoms with Crippen molar-refractivity contribution in [2.75, 3.05) is 33.4 Å². The highest BCUT2D eigenvalue weighted by Crippen LogP contribution is 2.36. The number of carboxylic acid groups (broad SMARTS) is 1. The van der Waals surface area contributed by atoms with E-state index in [9.17, 15) is 9.90 Å². The molecule has 0 heterocycles.